The molecule has 9 nitrogen and oxygen atoms in total. The number of carboxylic acid groups (broad SMARTS) is 2. The Morgan fingerprint density at radius 3 is 1.48 bits per heavy atom. The van der Waals surface area contributed by atoms with Gasteiger partial charge in [0.05, 0.1) is 39.6 Å². The number of aliphatic carboxylic acids is 2. The molecule has 0 aliphatic heterocycles. The van der Waals surface area contributed by atoms with Gasteiger partial charge in [0.1, 0.15) is 13.1 Å². The molecule has 0 unspecified atom stereocenters. The van der Waals surface area contributed by atoms with Gasteiger partial charge in [0.15, 0.2) is 29.0 Å². The lowest BCUT2D eigenvalue weighted by Crippen LogP contribution is -2.80. The van der Waals surface area contributed by atoms with Crippen LogP contribution in [-0.2, 0) is 22.7 Å². The highest BCUT2D eigenvalue weighted by molar-refractivity contribution is 6.26. The van der Waals surface area contributed by atoms with E-state index in [9.17, 15) is 0 Å². The third-order valence-corrected chi connectivity index (χ3v) is 3.87. The Kier molecular flexibility index (Phi) is 9.83. The number of methoxy groups -OCH3 is 4. The highest BCUT2D eigenvalue weighted by Gasteiger charge is 2.13. The second kappa shape index (κ2) is 12.1. The summed E-state index contributed by atoms with van der Waals surface area (Å²) in [6.07, 6.45) is 0. The van der Waals surface area contributed by atoms with Crippen molar-refractivity contribution in [3.05, 3.63) is 47.5 Å². The Bertz CT molecular complexity index is 755. The third-order valence-electron chi connectivity index (χ3n) is 3.87. The number of rotatable bonds is 8. The summed E-state index contributed by atoms with van der Waals surface area (Å²) in [5.41, 5.74) is 2.18. The second-order valence-electron chi connectivity index (χ2n) is 5.59. The number of carboxylic acids is 2. The zero-order chi connectivity index (χ0) is 21.8. The molecule has 0 aromatic heterocycles. The molecule has 29 heavy (non-hydrogen) atoms. The molecule has 0 saturated carbocycles. The van der Waals surface area contributed by atoms with Crippen LogP contribution in [0, 0.1) is 0 Å². The average Bonchev–Trinajstić information content (AvgIpc) is 2.73. The van der Waals surface area contributed by atoms with Gasteiger partial charge in [-0.1, -0.05) is 12.1 Å². The first kappa shape index (κ1) is 23.6. The number of ether oxygens (including phenoxy) is 4. The van der Waals surface area contributed by atoms with Crippen LogP contribution in [0.4, 0.5) is 0 Å². The van der Waals surface area contributed by atoms with E-state index in [0.29, 0.717) is 0 Å². The molecule has 2 aromatic rings. The molecule has 158 valence electrons. The fourth-order valence-electron chi connectivity index (χ4n) is 2.61. The summed E-state index contributed by atoms with van der Waals surface area (Å²) in [6.45, 7) is 1.56. The van der Waals surface area contributed by atoms with Gasteiger partial charge in [-0.2, -0.15) is 0 Å². The van der Waals surface area contributed by atoms with Gasteiger partial charge in [0.2, 0.25) is 0 Å². The van der Waals surface area contributed by atoms with Crippen molar-refractivity contribution in [3.8, 4) is 23.0 Å². The first-order chi connectivity index (χ1) is 13.9. The Morgan fingerprint density at radius 2 is 1.21 bits per heavy atom. The number of carbonyl (C=O) groups is 2. The van der Waals surface area contributed by atoms with E-state index < -0.39 is 11.9 Å². The Hall–Kier alpha value is -3.46. The minimum absolute atomic E-state index is 0.748. The van der Waals surface area contributed by atoms with Crippen molar-refractivity contribution in [2.45, 2.75) is 13.1 Å². The van der Waals surface area contributed by atoms with E-state index >= 15 is 0 Å². The summed E-state index contributed by atoms with van der Waals surface area (Å²) in [6, 6.07) is 11.8. The van der Waals surface area contributed by atoms with Gasteiger partial charge >= 0.3 is 5.97 Å². The number of para-hydroxylation sites is 2. The minimum Gasteiger partial charge on any atom is -0.539 e. The van der Waals surface area contributed by atoms with Crippen LogP contribution in [0.5, 0.6) is 23.0 Å². The van der Waals surface area contributed by atoms with Crippen LogP contribution in [0.1, 0.15) is 11.1 Å². The van der Waals surface area contributed by atoms with Crippen LogP contribution in [-0.4, -0.2) is 45.5 Å². The second-order valence-corrected chi connectivity index (χ2v) is 5.59. The van der Waals surface area contributed by atoms with E-state index in [1.54, 1.807) is 28.4 Å². The molecule has 0 spiro atoms. The van der Waals surface area contributed by atoms with Crippen LogP contribution < -0.4 is 29.4 Å². The van der Waals surface area contributed by atoms with Gasteiger partial charge in [-0.25, -0.2) is 4.79 Å². The third kappa shape index (κ3) is 6.89. The number of benzene rings is 2. The van der Waals surface area contributed by atoms with Crippen LogP contribution in [0.15, 0.2) is 36.4 Å². The number of nitrogens with two attached hydrogens (primary N) is 1. The smallest absolute Gasteiger partial charge is 0.351 e. The number of hydrogen-bond acceptors (Lipinski definition) is 7. The molecule has 0 atom stereocenters. The fraction of sp³-hybridized carbons (Fsp3) is 0.300. The molecule has 2 rings (SSSR count). The normalized spacial score (nSPS) is 9.66. The molecule has 0 saturated heterocycles. The Balaban J connectivity index is 0.000000612. The van der Waals surface area contributed by atoms with E-state index in [1.165, 1.54) is 0 Å². The Morgan fingerprint density at radius 1 is 0.828 bits per heavy atom. The van der Waals surface area contributed by atoms with Crippen molar-refractivity contribution in [1.29, 1.82) is 0 Å². The lowest BCUT2D eigenvalue weighted by Gasteiger charge is -2.13. The summed E-state index contributed by atoms with van der Waals surface area (Å²) in [4.78, 5) is 18.0. The summed E-state index contributed by atoms with van der Waals surface area (Å²) >= 11 is 0. The molecular weight excluding hydrogens is 382 g/mol. The summed E-state index contributed by atoms with van der Waals surface area (Å²) < 4.78 is 21.6. The first-order valence-electron chi connectivity index (χ1n) is 8.55. The SMILES string of the molecule is COc1cccc(C[NH2+]Cc2cccc(OC)c2OC)c1OC.O=C([O-])C(=O)O. The zero-order valence-electron chi connectivity index (χ0n) is 16.8. The topological polar surface area (TPSA) is 131 Å². The monoisotopic (exact) mass is 407 g/mol. The maximum Gasteiger partial charge on any atom is 0.351 e. The van der Waals surface area contributed by atoms with E-state index in [-0.39, 0.29) is 0 Å². The molecule has 0 fully saturated rings. The van der Waals surface area contributed by atoms with Gasteiger partial charge < -0.3 is 39.3 Å². The van der Waals surface area contributed by atoms with Gasteiger partial charge in [0.25, 0.3) is 0 Å². The lowest BCUT2D eigenvalue weighted by molar-refractivity contribution is -0.686. The maximum absolute atomic E-state index is 9.04. The van der Waals surface area contributed by atoms with Crippen LogP contribution in [0.3, 0.4) is 0 Å². The largest absolute Gasteiger partial charge is 0.539 e. The molecule has 0 aliphatic carbocycles. The summed E-state index contributed by atoms with van der Waals surface area (Å²) in [7, 11) is 6.61. The van der Waals surface area contributed by atoms with Gasteiger partial charge in [-0.3, -0.25) is 0 Å². The molecule has 0 aliphatic rings. The highest BCUT2D eigenvalue weighted by atomic mass is 16.5. The zero-order valence-corrected chi connectivity index (χ0v) is 16.8. The minimum atomic E-state index is -2.07. The van der Waals surface area contributed by atoms with E-state index in [4.69, 9.17) is 38.7 Å². The molecular formula is C20H25NO8. The first-order valence-corrected chi connectivity index (χ1v) is 8.55. The fourth-order valence-corrected chi connectivity index (χ4v) is 2.61. The van der Waals surface area contributed by atoms with Crippen molar-refractivity contribution in [2.75, 3.05) is 28.4 Å². The average molecular weight is 407 g/mol. The van der Waals surface area contributed by atoms with Crippen molar-refractivity contribution < 1.29 is 44.1 Å². The van der Waals surface area contributed by atoms with Crippen molar-refractivity contribution in [3.63, 3.8) is 0 Å². The van der Waals surface area contributed by atoms with Crippen LogP contribution in [0.2, 0.25) is 0 Å². The predicted molar refractivity (Wildman–Crippen MR) is 101 cm³/mol. The van der Waals surface area contributed by atoms with Crippen LogP contribution >= 0.6 is 0 Å². The van der Waals surface area contributed by atoms with Gasteiger partial charge in [0, 0.05) is 0 Å². The molecule has 0 heterocycles. The Labute approximate surface area is 168 Å². The standard InChI is InChI=1S/C18H23NO4.C2H2O4/c1-20-15-9-5-7-13(17(15)22-3)11-19-12-14-8-6-10-16(21-2)18(14)23-4;3-1(4)2(5)6/h5-10,19H,11-12H2,1-4H3;(H,3,4)(H,5,6). The number of carbonyl (C=O) groups excluding carboxylic acids is 1. The molecule has 0 radical (unpaired) electrons. The van der Waals surface area contributed by atoms with Gasteiger partial charge in [-0.05, 0) is 24.3 Å². The molecule has 0 bridgehead atoms. The van der Waals surface area contributed by atoms with Gasteiger partial charge in [-0.15, -0.1) is 0 Å². The number of hydrogen-bond donors (Lipinski definition) is 2. The van der Waals surface area contributed by atoms with Crippen LogP contribution in [0.25, 0.3) is 0 Å². The lowest BCUT2D eigenvalue weighted by atomic mass is 10.1. The van der Waals surface area contributed by atoms with Crippen molar-refractivity contribution in [2.24, 2.45) is 0 Å². The van der Waals surface area contributed by atoms with E-state index in [0.717, 1.165) is 47.2 Å². The van der Waals surface area contributed by atoms with Crippen molar-refractivity contribution >= 4 is 11.9 Å². The summed E-state index contributed by atoms with van der Waals surface area (Å²) in [5, 5.41) is 18.5. The molecule has 0 amide bonds. The number of quaternary nitrogens is 1. The summed E-state index contributed by atoms with van der Waals surface area (Å²) in [5.74, 6) is -0.951. The van der Waals surface area contributed by atoms with E-state index in [2.05, 4.69) is 5.32 Å². The predicted octanol–water partition coefficient (Wildman–Crippen LogP) is -0.194. The highest BCUT2D eigenvalue weighted by Crippen LogP contribution is 2.31. The molecule has 3 N–H and O–H groups in total. The molecule has 9 heteroatoms. The van der Waals surface area contributed by atoms with Crippen molar-refractivity contribution in [1.82, 2.24) is 0 Å². The van der Waals surface area contributed by atoms with E-state index in [1.807, 2.05) is 36.4 Å². The quantitative estimate of drug-likeness (QED) is 0.576. The molecule has 2 aromatic carbocycles. The maximum atomic E-state index is 9.04.